The number of carboxylic acid groups (broad SMARTS) is 1. The van der Waals surface area contributed by atoms with Gasteiger partial charge in [0.15, 0.2) is 0 Å². The standard InChI is InChI=1S/C13H14N4O4/c18-11(19)8(6-7-4-2-1-3-5-7)17-10-9(15-13(17)21)14-12(20)16-10/h1-5,8-10H,6H2,(H,15,21)(H,18,19)(H2,14,16,20)/t8-,9-,10+/m1/s1. The van der Waals surface area contributed by atoms with Crippen LogP contribution in [0.1, 0.15) is 5.56 Å². The van der Waals surface area contributed by atoms with E-state index in [1.54, 1.807) is 24.3 Å². The Morgan fingerprint density at radius 1 is 1.19 bits per heavy atom. The zero-order chi connectivity index (χ0) is 15.0. The largest absolute Gasteiger partial charge is 0.480 e. The first-order valence-electron chi connectivity index (χ1n) is 6.49. The third-order valence-corrected chi connectivity index (χ3v) is 3.59. The third-order valence-electron chi connectivity index (χ3n) is 3.59. The predicted octanol–water partition coefficient (Wildman–Crippen LogP) is -0.328. The smallest absolute Gasteiger partial charge is 0.326 e. The first kappa shape index (κ1) is 13.2. The van der Waals surface area contributed by atoms with Crippen molar-refractivity contribution in [3.05, 3.63) is 35.9 Å². The molecule has 2 fully saturated rings. The Morgan fingerprint density at radius 2 is 1.90 bits per heavy atom. The van der Waals surface area contributed by atoms with Crippen LogP contribution in [0.25, 0.3) is 0 Å². The average Bonchev–Trinajstić information content (AvgIpc) is 2.92. The van der Waals surface area contributed by atoms with Gasteiger partial charge >= 0.3 is 18.0 Å². The van der Waals surface area contributed by atoms with Crippen LogP contribution >= 0.6 is 0 Å². The number of carbonyl (C=O) groups is 3. The van der Waals surface area contributed by atoms with Crippen molar-refractivity contribution in [1.29, 1.82) is 0 Å². The van der Waals surface area contributed by atoms with Gasteiger partial charge in [-0.3, -0.25) is 4.90 Å². The number of rotatable bonds is 4. The molecule has 8 heteroatoms. The van der Waals surface area contributed by atoms with Gasteiger partial charge in [-0.15, -0.1) is 0 Å². The molecule has 0 unspecified atom stereocenters. The number of fused-ring (bicyclic) bond motifs is 1. The van der Waals surface area contributed by atoms with E-state index in [0.29, 0.717) is 0 Å². The molecule has 110 valence electrons. The van der Waals surface area contributed by atoms with Crippen LogP contribution in [0, 0.1) is 0 Å². The molecule has 0 aliphatic carbocycles. The van der Waals surface area contributed by atoms with E-state index in [1.165, 1.54) is 0 Å². The van der Waals surface area contributed by atoms with Gasteiger partial charge in [0.05, 0.1) is 0 Å². The SMILES string of the molecule is O=C1N[C@@H]2NC(=O)N([C@H](Cc3ccccc3)C(=O)O)[C@@H]2N1. The van der Waals surface area contributed by atoms with Gasteiger partial charge in [0, 0.05) is 6.42 Å². The predicted molar refractivity (Wildman–Crippen MR) is 71.2 cm³/mol. The molecule has 0 spiro atoms. The van der Waals surface area contributed by atoms with Gasteiger partial charge in [-0.2, -0.15) is 0 Å². The number of nitrogens with one attached hydrogen (secondary N) is 3. The Balaban J connectivity index is 1.85. The summed E-state index contributed by atoms with van der Waals surface area (Å²) in [6, 6.07) is 7.04. The summed E-state index contributed by atoms with van der Waals surface area (Å²) in [6.45, 7) is 0. The number of carbonyl (C=O) groups excluding carboxylic acids is 2. The second-order valence-electron chi connectivity index (χ2n) is 4.94. The van der Waals surface area contributed by atoms with Crippen molar-refractivity contribution in [2.45, 2.75) is 24.8 Å². The normalized spacial score (nSPS) is 24.9. The average molecular weight is 290 g/mol. The zero-order valence-corrected chi connectivity index (χ0v) is 10.9. The molecular weight excluding hydrogens is 276 g/mol. The van der Waals surface area contributed by atoms with Gasteiger partial charge in [-0.25, -0.2) is 14.4 Å². The van der Waals surface area contributed by atoms with Crippen molar-refractivity contribution in [2.75, 3.05) is 0 Å². The summed E-state index contributed by atoms with van der Waals surface area (Å²) in [7, 11) is 0. The Labute approximate surface area is 120 Å². The minimum Gasteiger partial charge on any atom is -0.480 e. The molecule has 3 atom stereocenters. The lowest BCUT2D eigenvalue weighted by Crippen LogP contribution is -2.53. The molecule has 2 saturated heterocycles. The summed E-state index contributed by atoms with van der Waals surface area (Å²) in [6.07, 6.45) is -1.14. The van der Waals surface area contributed by atoms with Crippen molar-refractivity contribution in [3.8, 4) is 0 Å². The first-order valence-corrected chi connectivity index (χ1v) is 6.49. The van der Waals surface area contributed by atoms with Crippen molar-refractivity contribution < 1.29 is 19.5 Å². The minimum atomic E-state index is -1.11. The molecular formula is C13H14N4O4. The van der Waals surface area contributed by atoms with Gasteiger partial charge in [0.2, 0.25) is 0 Å². The summed E-state index contributed by atoms with van der Waals surface area (Å²) in [5.74, 6) is -1.11. The van der Waals surface area contributed by atoms with Gasteiger partial charge in [-0.1, -0.05) is 30.3 Å². The summed E-state index contributed by atoms with van der Waals surface area (Å²) in [4.78, 5) is 36.0. The van der Waals surface area contributed by atoms with Crippen LogP contribution < -0.4 is 16.0 Å². The van der Waals surface area contributed by atoms with Crippen molar-refractivity contribution in [1.82, 2.24) is 20.9 Å². The fraction of sp³-hybridized carbons (Fsp3) is 0.308. The lowest BCUT2D eigenvalue weighted by atomic mass is 10.0. The molecule has 21 heavy (non-hydrogen) atoms. The van der Waals surface area contributed by atoms with Gasteiger partial charge in [0.1, 0.15) is 18.4 Å². The number of urea groups is 2. The number of hydrogen-bond donors (Lipinski definition) is 4. The van der Waals surface area contributed by atoms with Gasteiger partial charge < -0.3 is 21.1 Å². The van der Waals surface area contributed by atoms with Gasteiger partial charge in [0.25, 0.3) is 0 Å². The maximum absolute atomic E-state index is 12.0. The highest BCUT2D eigenvalue weighted by Gasteiger charge is 2.49. The molecule has 2 aliphatic heterocycles. The fourth-order valence-corrected chi connectivity index (χ4v) is 2.64. The highest BCUT2D eigenvalue weighted by molar-refractivity contribution is 5.88. The molecule has 1 aromatic rings. The van der Waals surface area contributed by atoms with E-state index in [0.717, 1.165) is 10.5 Å². The molecule has 0 radical (unpaired) electrons. The molecule has 0 saturated carbocycles. The first-order chi connectivity index (χ1) is 10.1. The summed E-state index contributed by atoms with van der Waals surface area (Å²) < 4.78 is 0. The Hall–Kier alpha value is -2.77. The minimum absolute atomic E-state index is 0.169. The number of benzene rings is 1. The maximum atomic E-state index is 12.0. The molecule has 8 nitrogen and oxygen atoms in total. The van der Waals surface area contributed by atoms with Crippen molar-refractivity contribution >= 4 is 18.0 Å². The van der Waals surface area contributed by atoms with Crippen molar-refractivity contribution in [3.63, 3.8) is 0 Å². The highest BCUT2D eigenvalue weighted by Crippen LogP contribution is 2.20. The molecule has 4 amide bonds. The fourth-order valence-electron chi connectivity index (χ4n) is 2.64. The number of nitrogens with zero attached hydrogens (tertiary/aromatic N) is 1. The van der Waals surface area contributed by atoms with Crippen LogP contribution in [0.5, 0.6) is 0 Å². The van der Waals surface area contributed by atoms with E-state index < -0.39 is 36.4 Å². The summed E-state index contributed by atoms with van der Waals surface area (Å²) >= 11 is 0. The van der Waals surface area contributed by atoms with E-state index in [4.69, 9.17) is 0 Å². The highest BCUT2D eigenvalue weighted by atomic mass is 16.4. The van der Waals surface area contributed by atoms with Crippen LogP contribution in [0.15, 0.2) is 30.3 Å². The molecule has 2 heterocycles. The van der Waals surface area contributed by atoms with Gasteiger partial charge in [-0.05, 0) is 5.56 Å². The number of amides is 4. The summed E-state index contributed by atoms with van der Waals surface area (Å²) in [5.41, 5.74) is 0.804. The third kappa shape index (κ3) is 2.35. The number of carboxylic acids is 1. The van der Waals surface area contributed by atoms with Crippen LogP contribution in [-0.2, 0) is 11.2 Å². The molecule has 0 aromatic heterocycles. The van der Waals surface area contributed by atoms with E-state index in [2.05, 4.69) is 16.0 Å². The molecule has 0 bridgehead atoms. The topological polar surface area (TPSA) is 111 Å². The zero-order valence-electron chi connectivity index (χ0n) is 10.9. The lowest BCUT2D eigenvalue weighted by molar-refractivity contribution is -0.142. The molecule has 2 aliphatic rings. The lowest BCUT2D eigenvalue weighted by Gasteiger charge is -2.27. The number of hydrogen-bond acceptors (Lipinski definition) is 3. The van der Waals surface area contributed by atoms with E-state index in [9.17, 15) is 19.5 Å². The van der Waals surface area contributed by atoms with E-state index in [-0.39, 0.29) is 6.42 Å². The quantitative estimate of drug-likeness (QED) is 0.608. The van der Waals surface area contributed by atoms with Crippen LogP contribution in [-0.4, -0.2) is 46.4 Å². The second kappa shape index (κ2) is 4.97. The Kier molecular flexibility index (Phi) is 3.13. The van der Waals surface area contributed by atoms with Crippen LogP contribution in [0.3, 0.4) is 0 Å². The molecule has 4 N–H and O–H groups in total. The van der Waals surface area contributed by atoms with E-state index in [1.807, 2.05) is 6.07 Å². The summed E-state index contributed by atoms with van der Waals surface area (Å²) in [5, 5.41) is 17.1. The monoisotopic (exact) mass is 290 g/mol. The molecule has 1 aromatic carbocycles. The van der Waals surface area contributed by atoms with Crippen LogP contribution in [0.2, 0.25) is 0 Å². The Morgan fingerprint density at radius 3 is 2.57 bits per heavy atom. The van der Waals surface area contributed by atoms with Crippen LogP contribution in [0.4, 0.5) is 9.59 Å². The maximum Gasteiger partial charge on any atom is 0.326 e. The number of aliphatic carboxylic acids is 1. The van der Waals surface area contributed by atoms with E-state index >= 15 is 0 Å². The molecule has 3 rings (SSSR count). The second-order valence-corrected chi connectivity index (χ2v) is 4.94. The van der Waals surface area contributed by atoms with Crippen molar-refractivity contribution in [2.24, 2.45) is 0 Å². The Bertz CT molecular complexity index is 591.